The summed E-state index contributed by atoms with van der Waals surface area (Å²) in [5.41, 5.74) is 0. The maximum Gasteiger partial charge on any atom is 0.306 e. The van der Waals surface area contributed by atoms with Gasteiger partial charge in [0, 0.05) is 18.9 Å². The molecular formula is C11H22LiO2. The molecule has 0 rings (SSSR count). The zero-order valence-electron chi connectivity index (χ0n) is 9.88. The van der Waals surface area contributed by atoms with Crippen molar-refractivity contribution in [2.24, 2.45) is 5.92 Å². The molecule has 0 saturated heterocycles. The molecule has 3 heteroatoms. The van der Waals surface area contributed by atoms with Gasteiger partial charge in [0.1, 0.15) is 0 Å². The standard InChI is InChI=1S/C11H22O2.Li/c1-3-5-6-7-9-10(8-4-2)11(12)13;/h10H,3-9H2,1-2H3,(H,12,13);/t10-;/m1./s1. The van der Waals surface area contributed by atoms with Crippen LogP contribution in [0.3, 0.4) is 0 Å². The van der Waals surface area contributed by atoms with E-state index in [1.54, 1.807) is 0 Å². The summed E-state index contributed by atoms with van der Waals surface area (Å²) in [5, 5.41) is 8.86. The summed E-state index contributed by atoms with van der Waals surface area (Å²) < 4.78 is 0. The van der Waals surface area contributed by atoms with E-state index in [1.165, 1.54) is 19.3 Å². The molecule has 0 heterocycles. The molecule has 0 bridgehead atoms. The van der Waals surface area contributed by atoms with Crippen molar-refractivity contribution in [2.45, 2.75) is 58.8 Å². The van der Waals surface area contributed by atoms with Gasteiger partial charge >= 0.3 is 5.97 Å². The Kier molecular flexibility index (Phi) is 13.1. The Bertz CT molecular complexity index is 137. The Hall–Kier alpha value is 0.0674. The minimum Gasteiger partial charge on any atom is -0.481 e. The molecule has 0 fully saturated rings. The molecule has 0 aliphatic carbocycles. The number of carbonyl (C=O) groups is 1. The fraction of sp³-hybridized carbons (Fsp3) is 0.909. The van der Waals surface area contributed by atoms with Crippen LogP contribution in [-0.4, -0.2) is 29.9 Å². The van der Waals surface area contributed by atoms with Gasteiger partial charge in [0.15, 0.2) is 0 Å². The molecule has 0 aromatic heterocycles. The maximum atomic E-state index is 10.8. The minimum absolute atomic E-state index is 0. The zero-order valence-corrected chi connectivity index (χ0v) is 9.88. The van der Waals surface area contributed by atoms with E-state index in [-0.39, 0.29) is 24.8 Å². The van der Waals surface area contributed by atoms with Gasteiger partial charge in [0.25, 0.3) is 0 Å². The zero-order chi connectivity index (χ0) is 10.1. The van der Waals surface area contributed by atoms with E-state index in [2.05, 4.69) is 6.92 Å². The average Bonchev–Trinajstić information content (AvgIpc) is 2.10. The molecule has 0 aromatic carbocycles. The van der Waals surface area contributed by atoms with Crippen molar-refractivity contribution in [3.05, 3.63) is 0 Å². The van der Waals surface area contributed by atoms with Crippen LogP contribution in [-0.2, 0) is 4.79 Å². The normalized spacial score (nSPS) is 11.9. The van der Waals surface area contributed by atoms with E-state index in [4.69, 9.17) is 5.11 Å². The van der Waals surface area contributed by atoms with Crippen LogP contribution < -0.4 is 0 Å². The number of hydrogen-bond donors (Lipinski definition) is 1. The monoisotopic (exact) mass is 193 g/mol. The molecule has 0 unspecified atom stereocenters. The summed E-state index contributed by atoms with van der Waals surface area (Å²) in [6.07, 6.45) is 7.38. The van der Waals surface area contributed by atoms with Gasteiger partial charge in [-0.2, -0.15) is 0 Å². The smallest absolute Gasteiger partial charge is 0.306 e. The van der Waals surface area contributed by atoms with Gasteiger partial charge in [-0.15, -0.1) is 0 Å². The first kappa shape index (κ1) is 16.5. The third-order valence-corrected chi connectivity index (χ3v) is 2.39. The molecule has 1 N–H and O–H groups in total. The van der Waals surface area contributed by atoms with Crippen LogP contribution in [0.1, 0.15) is 58.8 Å². The second-order valence-corrected chi connectivity index (χ2v) is 3.67. The summed E-state index contributed by atoms with van der Waals surface area (Å²) in [4.78, 5) is 10.8. The number of aliphatic carboxylic acids is 1. The maximum absolute atomic E-state index is 10.8. The molecular weight excluding hydrogens is 171 g/mol. The van der Waals surface area contributed by atoms with Gasteiger partial charge in [-0.05, 0) is 12.8 Å². The van der Waals surface area contributed by atoms with Gasteiger partial charge in [0.05, 0.1) is 5.92 Å². The Morgan fingerprint density at radius 1 is 1.07 bits per heavy atom. The minimum atomic E-state index is -0.613. The van der Waals surface area contributed by atoms with Crippen LogP contribution in [0, 0.1) is 5.92 Å². The van der Waals surface area contributed by atoms with E-state index in [1.807, 2.05) is 6.92 Å². The predicted molar refractivity (Wildman–Crippen MR) is 60.5 cm³/mol. The van der Waals surface area contributed by atoms with E-state index in [0.717, 1.165) is 25.7 Å². The number of carboxylic acids is 1. The van der Waals surface area contributed by atoms with E-state index in [0.29, 0.717) is 0 Å². The fourth-order valence-corrected chi connectivity index (χ4v) is 1.56. The molecule has 2 nitrogen and oxygen atoms in total. The van der Waals surface area contributed by atoms with Gasteiger partial charge in [-0.3, -0.25) is 4.79 Å². The predicted octanol–water partition coefficient (Wildman–Crippen LogP) is 3.08. The quantitative estimate of drug-likeness (QED) is 0.475. The number of carboxylic acid groups (broad SMARTS) is 1. The third kappa shape index (κ3) is 8.66. The Morgan fingerprint density at radius 2 is 1.71 bits per heavy atom. The van der Waals surface area contributed by atoms with Crippen molar-refractivity contribution in [1.82, 2.24) is 0 Å². The number of rotatable bonds is 8. The first-order chi connectivity index (χ1) is 6.22. The summed E-state index contributed by atoms with van der Waals surface area (Å²) >= 11 is 0. The Morgan fingerprint density at radius 3 is 2.14 bits per heavy atom. The second kappa shape index (κ2) is 11.1. The van der Waals surface area contributed by atoms with E-state index in [9.17, 15) is 4.79 Å². The topological polar surface area (TPSA) is 37.3 Å². The van der Waals surface area contributed by atoms with Crippen molar-refractivity contribution < 1.29 is 9.90 Å². The molecule has 1 radical (unpaired) electrons. The molecule has 0 spiro atoms. The van der Waals surface area contributed by atoms with Crippen LogP contribution in [0.2, 0.25) is 0 Å². The molecule has 0 aliphatic rings. The summed E-state index contributed by atoms with van der Waals surface area (Å²) in [6, 6.07) is 0. The fourth-order valence-electron chi connectivity index (χ4n) is 1.56. The molecule has 0 saturated carbocycles. The van der Waals surface area contributed by atoms with Crippen molar-refractivity contribution in [1.29, 1.82) is 0 Å². The van der Waals surface area contributed by atoms with Gasteiger partial charge in [0.2, 0.25) is 0 Å². The van der Waals surface area contributed by atoms with Crippen LogP contribution in [0.25, 0.3) is 0 Å². The van der Waals surface area contributed by atoms with Crippen molar-refractivity contribution in [2.75, 3.05) is 0 Å². The Balaban J connectivity index is 0. The molecule has 0 aromatic rings. The van der Waals surface area contributed by atoms with Gasteiger partial charge in [-0.1, -0.05) is 46.0 Å². The molecule has 0 aliphatic heterocycles. The van der Waals surface area contributed by atoms with Crippen molar-refractivity contribution in [3.8, 4) is 0 Å². The van der Waals surface area contributed by atoms with E-state index >= 15 is 0 Å². The van der Waals surface area contributed by atoms with Gasteiger partial charge < -0.3 is 5.11 Å². The second-order valence-electron chi connectivity index (χ2n) is 3.67. The first-order valence-corrected chi connectivity index (χ1v) is 5.45. The van der Waals surface area contributed by atoms with E-state index < -0.39 is 5.97 Å². The summed E-state index contributed by atoms with van der Waals surface area (Å²) in [6.45, 7) is 4.21. The summed E-state index contributed by atoms with van der Waals surface area (Å²) in [7, 11) is 0. The van der Waals surface area contributed by atoms with Crippen LogP contribution in [0.5, 0.6) is 0 Å². The van der Waals surface area contributed by atoms with Crippen LogP contribution in [0.15, 0.2) is 0 Å². The van der Waals surface area contributed by atoms with Crippen LogP contribution in [0.4, 0.5) is 0 Å². The molecule has 0 amide bonds. The molecule has 14 heavy (non-hydrogen) atoms. The number of hydrogen-bond acceptors (Lipinski definition) is 1. The van der Waals surface area contributed by atoms with Crippen molar-refractivity contribution in [3.63, 3.8) is 0 Å². The number of unbranched alkanes of at least 4 members (excludes halogenated alkanes) is 3. The average molecular weight is 193 g/mol. The Labute approximate surface area is 99.6 Å². The first-order valence-electron chi connectivity index (χ1n) is 5.45. The van der Waals surface area contributed by atoms with Crippen molar-refractivity contribution >= 4 is 24.8 Å². The van der Waals surface area contributed by atoms with Gasteiger partial charge in [-0.25, -0.2) is 0 Å². The molecule has 1 atom stereocenters. The third-order valence-electron chi connectivity index (χ3n) is 2.39. The largest absolute Gasteiger partial charge is 0.481 e. The SMILES string of the molecule is CCCCCC[C@@H](CCC)C(=O)O.[Li]. The van der Waals surface area contributed by atoms with Crippen LogP contribution >= 0.6 is 0 Å². The molecule has 79 valence electrons. The summed E-state index contributed by atoms with van der Waals surface area (Å²) in [5.74, 6) is -0.708.